The van der Waals surface area contributed by atoms with Crippen molar-refractivity contribution in [2.24, 2.45) is 0 Å². The first-order valence-electron chi connectivity index (χ1n) is 21.6. The summed E-state index contributed by atoms with van der Waals surface area (Å²) in [5, 5.41) is 15.0. The van der Waals surface area contributed by atoms with Gasteiger partial charge in [0.2, 0.25) is 0 Å². The Morgan fingerprint density at radius 2 is 0.937 bits per heavy atom. The fourth-order valence-corrected chi connectivity index (χ4v) is 9.99. The Balaban J connectivity index is 0.873. The highest BCUT2D eigenvalue weighted by Gasteiger charge is 2.20. The molecule has 0 aliphatic heterocycles. The predicted octanol–water partition coefficient (Wildman–Crippen LogP) is 15.0. The summed E-state index contributed by atoms with van der Waals surface area (Å²) in [7, 11) is 0. The Bertz CT molecular complexity index is 3810. The van der Waals surface area contributed by atoms with E-state index in [-0.39, 0.29) is 0 Å². The first kappa shape index (κ1) is 35.5. The van der Waals surface area contributed by atoms with Crippen molar-refractivity contribution in [3.8, 4) is 56.0 Å². The van der Waals surface area contributed by atoms with E-state index in [4.69, 9.17) is 4.42 Å². The summed E-state index contributed by atoms with van der Waals surface area (Å²) in [6.07, 6.45) is 8.05. The second-order valence-electron chi connectivity index (χ2n) is 16.5. The van der Waals surface area contributed by atoms with Gasteiger partial charge >= 0.3 is 0 Å². The van der Waals surface area contributed by atoms with Crippen LogP contribution in [0.4, 0.5) is 0 Å². The third kappa shape index (κ3) is 5.70. The topological polar surface area (TPSA) is 48.8 Å². The molecule has 0 N–H and O–H groups in total. The highest BCUT2D eigenvalue weighted by molar-refractivity contribution is 6.13. The second-order valence-corrected chi connectivity index (χ2v) is 16.5. The fraction of sp³-hybridized carbons (Fsp3) is 0.0345. The Morgan fingerprint density at radius 3 is 1.62 bits per heavy atom. The molecule has 4 heterocycles. The molecule has 0 fully saturated rings. The molecule has 0 saturated carbocycles. The van der Waals surface area contributed by atoms with Crippen LogP contribution >= 0.6 is 0 Å². The van der Waals surface area contributed by atoms with E-state index in [0.717, 1.165) is 68.8 Å². The standard InChI is InChI=1S/C58H38N4O/c1-2-18-44(19-3-1)61-52-24-7-4-21-46(52)49-34-41(27-29-54(49)61)42-28-30-55-50(35-42)47-22-5-8-25-53(47)62(55)45-20-12-16-40(33-45)38-14-10-13-37(31-38)39-15-11-17-43(32-39)57-58-51(36-59-60-57)48-23-6-9-26-56(48)63-58/h1-5,7-22,24-36H,6,23H2. The summed E-state index contributed by atoms with van der Waals surface area (Å²) in [5.41, 5.74) is 17.8. The lowest BCUT2D eigenvalue weighted by molar-refractivity contribution is 0.594. The van der Waals surface area contributed by atoms with E-state index in [1.807, 2.05) is 6.20 Å². The summed E-state index contributed by atoms with van der Waals surface area (Å²) in [4.78, 5) is 0. The van der Waals surface area contributed by atoms with Gasteiger partial charge in [-0.1, -0.05) is 121 Å². The molecule has 0 bridgehead atoms. The third-order valence-electron chi connectivity index (χ3n) is 12.9. The zero-order chi connectivity index (χ0) is 41.4. The van der Waals surface area contributed by atoms with Gasteiger partial charge in [0.25, 0.3) is 0 Å². The van der Waals surface area contributed by atoms with Crippen LogP contribution in [0.5, 0.6) is 0 Å². The molecule has 0 spiro atoms. The average Bonchev–Trinajstić information content (AvgIpc) is 4.02. The first-order valence-corrected chi connectivity index (χ1v) is 21.6. The van der Waals surface area contributed by atoms with Crippen molar-refractivity contribution in [3.05, 3.63) is 212 Å². The number of aryl methyl sites for hydroxylation is 1. The number of aromatic nitrogens is 4. The van der Waals surface area contributed by atoms with Crippen LogP contribution in [0.2, 0.25) is 0 Å². The number of hydrogen-bond donors (Lipinski definition) is 0. The Labute approximate surface area is 363 Å². The van der Waals surface area contributed by atoms with Gasteiger partial charge in [-0.25, -0.2) is 0 Å². The fourth-order valence-electron chi connectivity index (χ4n) is 9.99. The lowest BCUT2D eigenvalue weighted by Gasteiger charge is -2.12. The molecule has 4 aromatic heterocycles. The minimum absolute atomic E-state index is 0.771. The molecule has 0 saturated heterocycles. The summed E-state index contributed by atoms with van der Waals surface area (Å²) >= 11 is 0. The van der Waals surface area contributed by atoms with E-state index in [0.29, 0.717) is 0 Å². The lowest BCUT2D eigenvalue weighted by atomic mass is 9.96. The van der Waals surface area contributed by atoms with Gasteiger partial charge in [-0.2, -0.15) is 5.10 Å². The molecule has 0 amide bonds. The van der Waals surface area contributed by atoms with Gasteiger partial charge in [-0.15, -0.1) is 5.10 Å². The number of furan rings is 1. The molecule has 1 aliphatic carbocycles. The molecule has 12 aromatic rings. The molecule has 296 valence electrons. The number of benzene rings is 8. The zero-order valence-electron chi connectivity index (χ0n) is 34.2. The van der Waals surface area contributed by atoms with Crippen molar-refractivity contribution in [1.29, 1.82) is 0 Å². The quantitative estimate of drug-likeness (QED) is 0.168. The SMILES string of the molecule is C1=Cc2oc3c(-c4cccc(-c5cccc(-c6cccc(-n7c8ccccc8c8cc(-c9ccc%10c(c9)c9ccccc9n%10-c9ccccc9)ccc87)c6)c5)c4)nncc3c2CC1. The molecular formula is C58H38N4O. The van der Waals surface area contributed by atoms with Crippen molar-refractivity contribution in [2.45, 2.75) is 12.8 Å². The van der Waals surface area contributed by atoms with Crippen molar-refractivity contribution in [3.63, 3.8) is 0 Å². The molecule has 8 aromatic carbocycles. The van der Waals surface area contributed by atoms with Crippen molar-refractivity contribution in [1.82, 2.24) is 19.3 Å². The number of nitrogens with zero attached hydrogens (tertiary/aromatic N) is 4. The highest BCUT2D eigenvalue weighted by atomic mass is 16.3. The largest absolute Gasteiger partial charge is 0.454 e. The van der Waals surface area contributed by atoms with Crippen molar-refractivity contribution >= 4 is 60.7 Å². The number of fused-ring (bicyclic) bond motifs is 9. The molecular weight excluding hydrogens is 769 g/mol. The molecule has 13 rings (SSSR count). The minimum atomic E-state index is 0.771. The van der Waals surface area contributed by atoms with Crippen LogP contribution in [0.15, 0.2) is 205 Å². The Morgan fingerprint density at radius 1 is 0.413 bits per heavy atom. The van der Waals surface area contributed by atoms with E-state index in [2.05, 4.69) is 220 Å². The number of allylic oxidation sites excluding steroid dienone is 1. The smallest absolute Gasteiger partial charge is 0.164 e. The summed E-state index contributed by atoms with van der Waals surface area (Å²) in [5.74, 6) is 0.918. The van der Waals surface area contributed by atoms with Crippen molar-refractivity contribution < 1.29 is 4.42 Å². The van der Waals surface area contributed by atoms with E-state index < -0.39 is 0 Å². The van der Waals surface area contributed by atoms with Gasteiger partial charge in [0.1, 0.15) is 11.5 Å². The molecule has 63 heavy (non-hydrogen) atoms. The molecule has 0 unspecified atom stereocenters. The third-order valence-corrected chi connectivity index (χ3v) is 12.9. The molecule has 5 heteroatoms. The van der Waals surface area contributed by atoms with Gasteiger partial charge < -0.3 is 13.6 Å². The number of hydrogen-bond acceptors (Lipinski definition) is 3. The maximum absolute atomic E-state index is 6.37. The van der Waals surface area contributed by atoms with E-state index in [1.54, 1.807) is 0 Å². The van der Waals surface area contributed by atoms with Crippen LogP contribution < -0.4 is 0 Å². The van der Waals surface area contributed by atoms with Gasteiger partial charge in [-0.3, -0.25) is 0 Å². The second kappa shape index (κ2) is 14.2. The highest BCUT2D eigenvalue weighted by Crippen LogP contribution is 2.40. The first-order chi connectivity index (χ1) is 31.2. The summed E-state index contributed by atoms with van der Waals surface area (Å²) in [6.45, 7) is 0. The van der Waals surface area contributed by atoms with Crippen LogP contribution in [-0.4, -0.2) is 19.3 Å². The van der Waals surface area contributed by atoms with Crippen LogP contribution in [0.25, 0.3) is 117 Å². The zero-order valence-corrected chi connectivity index (χ0v) is 34.2. The molecule has 0 radical (unpaired) electrons. The Kier molecular flexibility index (Phi) is 7.97. The van der Waals surface area contributed by atoms with Crippen LogP contribution in [-0.2, 0) is 6.42 Å². The maximum atomic E-state index is 6.37. The monoisotopic (exact) mass is 806 g/mol. The van der Waals surface area contributed by atoms with Crippen LogP contribution in [0, 0.1) is 0 Å². The lowest BCUT2D eigenvalue weighted by Crippen LogP contribution is -1.94. The predicted molar refractivity (Wildman–Crippen MR) is 260 cm³/mol. The summed E-state index contributed by atoms with van der Waals surface area (Å²) < 4.78 is 11.1. The normalized spacial score (nSPS) is 12.6. The molecule has 1 aliphatic rings. The van der Waals surface area contributed by atoms with E-state index in [9.17, 15) is 0 Å². The van der Waals surface area contributed by atoms with Gasteiger partial charge in [-0.05, 0) is 125 Å². The maximum Gasteiger partial charge on any atom is 0.164 e. The van der Waals surface area contributed by atoms with Gasteiger partial charge in [0.05, 0.1) is 28.3 Å². The van der Waals surface area contributed by atoms with Crippen LogP contribution in [0.3, 0.4) is 0 Å². The number of para-hydroxylation sites is 3. The van der Waals surface area contributed by atoms with Gasteiger partial charge in [0.15, 0.2) is 5.58 Å². The average molecular weight is 807 g/mol. The van der Waals surface area contributed by atoms with Crippen LogP contribution in [0.1, 0.15) is 17.7 Å². The minimum Gasteiger partial charge on any atom is -0.454 e. The van der Waals surface area contributed by atoms with E-state index in [1.165, 1.54) is 66.0 Å². The van der Waals surface area contributed by atoms with Gasteiger partial charge in [0, 0.05) is 49.4 Å². The summed E-state index contributed by atoms with van der Waals surface area (Å²) in [6, 6.07) is 68.3. The van der Waals surface area contributed by atoms with E-state index >= 15 is 0 Å². The van der Waals surface area contributed by atoms with Crippen molar-refractivity contribution in [2.75, 3.05) is 0 Å². The molecule has 5 nitrogen and oxygen atoms in total. The number of rotatable bonds is 6. The molecule has 0 atom stereocenters. The Hall–Kier alpha value is -8.28.